The van der Waals surface area contributed by atoms with Crippen molar-refractivity contribution in [2.45, 2.75) is 12.2 Å². The van der Waals surface area contributed by atoms with E-state index < -0.39 is 12.2 Å². The van der Waals surface area contributed by atoms with Crippen molar-refractivity contribution in [2.24, 2.45) is 5.73 Å². The Hall–Kier alpha value is -1.43. The smallest absolute Gasteiger partial charge is 0.407 e. The van der Waals surface area contributed by atoms with Crippen LogP contribution in [-0.2, 0) is 0 Å². The molecule has 1 atom stereocenters. The fourth-order valence-corrected chi connectivity index (χ4v) is 1.20. The number of rotatable bonds is 3. The van der Waals surface area contributed by atoms with E-state index in [1.54, 1.807) is 0 Å². The zero-order valence-electron chi connectivity index (χ0n) is 8.84. The maximum atomic E-state index is 12.4. The van der Waals surface area contributed by atoms with Crippen LogP contribution >= 0.6 is 0 Å². The van der Waals surface area contributed by atoms with Crippen LogP contribution in [0, 0.1) is 0 Å². The molecule has 0 amide bonds. The Morgan fingerprint density at radius 1 is 1.06 bits per heavy atom. The quantitative estimate of drug-likeness (QED) is 0.874. The number of hydrogen-bond donors (Lipinski definition) is 1. The van der Waals surface area contributed by atoms with Crippen LogP contribution in [0.2, 0.25) is 0 Å². The van der Waals surface area contributed by atoms with Crippen LogP contribution in [0.25, 0.3) is 0 Å². The SMILES string of the molecule is COc1cc(OC)cc(C(N)C(F)(F)F)c1. The Kier molecular flexibility index (Phi) is 3.64. The minimum absolute atomic E-state index is 0.0938. The number of benzene rings is 1. The second kappa shape index (κ2) is 4.61. The minimum Gasteiger partial charge on any atom is -0.497 e. The predicted molar refractivity (Wildman–Crippen MR) is 52.5 cm³/mol. The summed E-state index contributed by atoms with van der Waals surface area (Å²) in [6.45, 7) is 0. The molecule has 90 valence electrons. The number of nitrogens with two attached hydrogens (primary N) is 1. The van der Waals surface area contributed by atoms with Crippen LogP contribution in [0.4, 0.5) is 13.2 Å². The highest BCUT2D eigenvalue weighted by atomic mass is 19.4. The first kappa shape index (κ1) is 12.6. The molecular weight excluding hydrogens is 223 g/mol. The van der Waals surface area contributed by atoms with Gasteiger partial charge in [-0.25, -0.2) is 0 Å². The molecule has 0 aliphatic carbocycles. The van der Waals surface area contributed by atoms with Crippen LogP contribution in [0.3, 0.4) is 0 Å². The van der Waals surface area contributed by atoms with Crippen molar-refractivity contribution < 1.29 is 22.6 Å². The fraction of sp³-hybridized carbons (Fsp3) is 0.400. The standard InChI is InChI=1S/C10H12F3NO2/c1-15-7-3-6(4-8(5-7)16-2)9(14)10(11,12)13/h3-5,9H,14H2,1-2H3. The highest BCUT2D eigenvalue weighted by Gasteiger charge is 2.38. The van der Waals surface area contributed by atoms with Gasteiger partial charge in [0, 0.05) is 6.07 Å². The number of methoxy groups -OCH3 is 2. The Bertz CT molecular complexity index is 343. The van der Waals surface area contributed by atoms with Crippen LogP contribution < -0.4 is 15.2 Å². The highest BCUT2D eigenvalue weighted by Crippen LogP contribution is 2.34. The van der Waals surface area contributed by atoms with Crippen LogP contribution in [-0.4, -0.2) is 20.4 Å². The summed E-state index contributed by atoms with van der Waals surface area (Å²) < 4.78 is 46.9. The lowest BCUT2D eigenvalue weighted by Crippen LogP contribution is -2.28. The zero-order chi connectivity index (χ0) is 12.3. The van der Waals surface area contributed by atoms with E-state index in [1.807, 2.05) is 0 Å². The third-order valence-corrected chi connectivity index (χ3v) is 2.09. The Balaban J connectivity index is 3.13. The first-order valence-electron chi connectivity index (χ1n) is 4.43. The molecule has 1 rings (SSSR count). The lowest BCUT2D eigenvalue weighted by atomic mass is 10.1. The summed E-state index contributed by atoms with van der Waals surface area (Å²) >= 11 is 0. The summed E-state index contributed by atoms with van der Waals surface area (Å²) in [6, 6.07) is 1.91. The van der Waals surface area contributed by atoms with Gasteiger partial charge in [0.1, 0.15) is 17.5 Å². The van der Waals surface area contributed by atoms with Crippen molar-refractivity contribution in [2.75, 3.05) is 14.2 Å². The molecule has 3 nitrogen and oxygen atoms in total. The molecule has 1 aromatic rings. The predicted octanol–water partition coefficient (Wildman–Crippen LogP) is 2.27. The minimum atomic E-state index is -4.49. The second-order valence-corrected chi connectivity index (χ2v) is 3.17. The van der Waals surface area contributed by atoms with Gasteiger partial charge in [-0.15, -0.1) is 0 Å². The molecule has 0 saturated carbocycles. The third kappa shape index (κ3) is 2.79. The molecule has 0 aliphatic heterocycles. The summed E-state index contributed by atoms with van der Waals surface area (Å²) in [4.78, 5) is 0. The van der Waals surface area contributed by atoms with E-state index in [4.69, 9.17) is 15.2 Å². The molecule has 16 heavy (non-hydrogen) atoms. The van der Waals surface area contributed by atoms with Gasteiger partial charge in [0.15, 0.2) is 0 Å². The third-order valence-electron chi connectivity index (χ3n) is 2.09. The molecule has 0 heterocycles. The lowest BCUT2D eigenvalue weighted by molar-refractivity contribution is -0.149. The van der Waals surface area contributed by atoms with E-state index >= 15 is 0 Å². The molecule has 6 heteroatoms. The summed E-state index contributed by atoms with van der Waals surface area (Å²) in [7, 11) is 2.72. The van der Waals surface area contributed by atoms with E-state index in [2.05, 4.69) is 0 Å². The molecule has 0 spiro atoms. The first-order chi connectivity index (χ1) is 7.38. The number of alkyl halides is 3. The summed E-state index contributed by atoms with van der Waals surface area (Å²) in [6.07, 6.45) is -4.49. The van der Waals surface area contributed by atoms with E-state index in [0.29, 0.717) is 0 Å². The average Bonchev–Trinajstić information content (AvgIpc) is 2.26. The summed E-state index contributed by atoms with van der Waals surface area (Å²) in [5.74, 6) is 0.545. The lowest BCUT2D eigenvalue weighted by Gasteiger charge is -2.17. The van der Waals surface area contributed by atoms with Gasteiger partial charge in [-0.1, -0.05) is 0 Å². The van der Waals surface area contributed by atoms with Crippen molar-refractivity contribution in [3.8, 4) is 11.5 Å². The first-order valence-corrected chi connectivity index (χ1v) is 4.43. The van der Waals surface area contributed by atoms with Crippen molar-refractivity contribution >= 4 is 0 Å². The molecule has 1 aromatic carbocycles. The largest absolute Gasteiger partial charge is 0.497 e. The van der Waals surface area contributed by atoms with E-state index in [-0.39, 0.29) is 17.1 Å². The molecule has 2 N–H and O–H groups in total. The van der Waals surface area contributed by atoms with Crippen molar-refractivity contribution in [1.29, 1.82) is 0 Å². The highest BCUT2D eigenvalue weighted by molar-refractivity contribution is 5.40. The van der Waals surface area contributed by atoms with Crippen molar-refractivity contribution in [1.82, 2.24) is 0 Å². The molecule has 0 aromatic heterocycles. The Morgan fingerprint density at radius 3 is 1.81 bits per heavy atom. The van der Waals surface area contributed by atoms with Crippen LogP contribution in [0.1, 0.15) is 11.6 Å². The van der Waals surface area contributed by atoms with Crippen molar-refractivity contribution in [3.63, 3.8) is 0 Å². The molecule has 0 saturated heterocycles. The summed E-state index contributed by atoms with van der Waals surface area (Å²) in [5, 5.41) is 0. The average molecular weight is 235 g/mol. The second-order valence-electron chi connectivity index (χ2n) is 3.17. The summed E-state index contributed by atoms with van der Waals surface area (Å²) in [5.41, 5.74) is 4.99. The van der Waals surface area contributed by atoms with E-state index in [0.717, 1.165) is 0 Å². The maximum Gasteiger partial charge on any atom is 0.407 e. The van der Waals surface area contributed by atoms with E-state index in [9.17, 15) is 13.2 Å². The van der Waals surface area contributed by atoms with Gasteiger partial charge in [0.25, 0.3) is 0 Å². The van der Waals surface area contributed by atoms with E-state index in [1.165, 1.54) is 32.4 Å². The number of halogens is 3. The van der Waals surface area contributed by atoms with Gasteiger partial charge in [0.2, 0.25) is 0 Å². The van der Waals surface area contributed by atoms with Gasteiger partial charge < -0.3 is 15.2 Å². The van der Waals surface area contributed by atoms with Gasteiger partial charge in [-0.2, -0.15) is 13.2 Å². The van der Waals surface area contributed by atoms with Gasteiger partial charge in [0.05, 0.1) is 14.2 Å². The van der Waals surface area contributed by atoms with Gasteiger partial charge >= 0.3 is 6.18 Å². The van der Waals surface area contributed by atoms with Crippen LogP contribution in [0.5, 0.6) is 11.5 Å². The maximum absolute atomic E-state index is 12.4. The topological polar surface area (TPSA) is 44.5 Å². The molecule has 0 fully saturated rings. The normalized spacial score (nSPS) is 13.4. The molecule has 0 radical (unpaired) electrons. The van der Waals surface area contributed by atoms with Crippen LogP contribution in [0.15, 0.2) is 18.2 Å². The van der Waals surface area contributed by atoms with Gasteiger partial charge in [-0.05, 0) is 17.7 Å². The number of hydrogen-bond acceptors (Lipinski definition) is 3. The molecule has 0 bridgehead atoms. The van der Waals surface area contributed by atoms with Gasteiger partial charge in [-0.3, -0.25) is 0 Å². The number of ether oxygens (including phenoxy) is 2. The molecule has 1 unspecified atom stereocenters. The monoisotopic (exact) mass is 235 g/mol. The molecular formula is C10H12F3NO2. The Labute approximate surface area is 91.0 Å². The Morgan fingerprint density at radius 2 is 1.50 bits per heavy atom. The zero-order valence-corrected chi connectivity index (χ0v) is 8.84. The van der Waals surface area contributed by atoms with Crippen molar-refractivity contribution in [3.05, 3.63) is 23.8 Å². The molecule has 0 aliphatic rings. The fourth-order valence-electron chi connectivity index (χ4n) is 1.20.